The summed E-state index contributed by atoms with van der Waals surface area (Å²) in [6, 6.07) is 0. The molecular weight excluding hydrogens is 160 g/mol. The molecule has 0 atom stereocenters. The maximum absolute atomic E-state index is 8.54. The van der Waals surface area contributed by atoms with E-state index in [-0.39, 0.29) is 13.2 Å². The van der Waals surface area contributed by atoms with Gasteiger partial charge in [-0.25, -0.2) is 0 Å². The summed E-state index contributed by atoms with van der Waals surface area (Å²) in [7, 11) is 0. The van der Waals surface area contributed by atoms with E-state index < -0.39 is 6.29 Å². The molecule has 0 unspecified atom stereocenters. The van der Waals surface area contributed by atoms with Crippen molar-refractivity contribution in [2.45, 2.75) is 27.1 Å². The SMILES string of the molecule is CCO.CCOC(CO)OCC. The highest BCUT2D eigenvalue weighted by atomic mass is 16.7. The highest BCUT2D eigenvalue weighted by Crippen LogP contribution is 1.91. The number of rotatable bonds is 5. The lowest BCUT2D eigenvalue weighted by molar-refractivity contribution is -0.156. The second kappa shape index (κ2) is 13.4. The first-order valence-electron chi connectivity index (χ1n) is 4.21. The molecule has 12 heavy (non-hydrogen) atoms. The van der Waals surface area contributed by atoms with E-state index in [4.69, 9.17) is 19.7 Å². The predicted molar refractivity (Wildman–Crippen MR) is 46.9 cm³/mol. The summed E-state index contributed by atoms with van der Waals surface area (Å²) >= 11 is 0. The zero-order valence-corrected chi connectivity index (χ0v) is 8.12. The summed E-state index contributed by atoms with van der Waals surface area (Å²) in [5, 5.41) is 16.1. The number of aliphatic hydroxyl groups is 2. The third-order valence-corrected chi connectivity index (χ3v) is 0.854. The fourth-order valence-electron chi connectivity index (χ4n) is 0.525. The molecule has 0 rings (SSSR count). The van der Waals surface area contributed by atoms with E-state index in [1.165, 1.54) is 0 Å². The lowest BCUT2D eigenvalue weighted by Crippen LogP contribution is -2.21. The number of ether oxygens (including phenoxy) is 2. The number of aliphatic hydroxyl groups excluding tert-OH is 2. The van der Waals surface area contributed by atoms with Crippen molar-refractivity contribution in [3.63, 3.8) is 0 Å². The first-order valence-corrected chi connectivity index (χ1v) is 4.21. The largest absolute Gasteiger partial charge is 0.397 e. The van der Waals surface area contributed by atoms with Crippen LogP contribution >= 0.6 is 0 Å². The van der Waals surface area contributed by atoms with E-state index in [0.717, 1.165) is 0 Å². The minimum atomic E-state index is -0.431. The fourth-order valence-corrected chi connectivity index (χ4v) is 0.525. The van der Waals surface area contributed by atoms with Crippen molar-refractivity contribution in [3.8, 4) is 0 Å². The van der Waals surface area contributed by atoms with E-state index in [1.807, 2.05) is 13.8 Å². The zero-order valence-electron chi connectivity index (χ0n) is 8.12. The van der Waals surface area contributed by atoms with E-state index in [9.17, 15) is 0 Å². The minimum absolute atomic E-state index is 0.0678. The predicted octanol–water partition coefficient (Wildman–Crippen LogP) is 0.376. The molecule has 0 aliphatic rings. The molecule has 0 amide bonds. The van der Waals surface area contributed by atoms with Crippen LogP contribution in [-0.2, 0) is 9.47 Å². The maximum Gasteiger partial charge on any atom is 0.180 e. The van der Waals surface area contributed by atoms with E-state index >= 15 is 0 Å². The molecule has 0 aromatic carbocycles. The summed E-state index contributed by atoms with van der Waals surface area (Å²) in [4.78, 5) is 0. The quantitative estimate of drug-likeness (QED) is 0.600. The van der Waals surface area contributed by atoms with Crippen LogP contribution in [0.25, 0.3) is 0 Å². The normalized spacial score (nSPS) is 9.50. The Morgan fingerprint density at radius 2 is 1.33 bits per heavy atom. The molecule has 0 aromatic heterocycles. The number of hydrogen-bond acceptors (Lipinski definition) is 4. The lowest BCUT2D eigenvalue weighted by Gasteiger charge is -2.12. The Morgan fingerprint density at radius 3 is 1.50 bits per heavy atom. The Hall–Kier alpha value is -0.160. The Labute approximate surface area is 74.1 Å². The topological polar surface area (TPSA) is 58.9 Å². The Balaban J connectivity index is 0. The summed E-state index contributed by atoms with van der Waals surface area (Å²) in [6.07, 6.45) is -0.431. The van der Waals surface area contributed by atoms with Crippen LogP contribution in [0.15, 0.2) is 0 Å². The molecule has 4 heteroatoms. The molecule has 0 saturated heterocycles. The third-order valence-electron chi connectivity index (χ3n) is 0.854. The molecule has 2 N–H and O–H groups in total. The molecule has 0 aliphatic heterocycles. The van der Waals surface area contributed by atoms with Gasteiger partial charge in [-0.05, 0) is 20.8 Å². The second-order valence-electron chi connectivity index (χ2n) is 1.84. The van der Waals surface area contributed by atoms with Crippen LogP contribution in [0.4, 0.5) is 0 Å². The van der Waals surface area contributed by atoms with E-state index in [0.29, 0.717) is 13.2 Å². The van der Waals surface area contributed by atoms with Gasteiger partial charge in [0.25, 0.3) is 0 Å². The standard InChI is InChI=1S/C6H14O3.C2H6O/c1-3-8-6(5-7)9-4-2;1-2-3/h6-7H,3-5H2,1-2H3;3H,2H2,1H3. The van der Waals surface area contributed by atoms with Crippen molar-refractivity contribution in [2.24, 2.45) is 0 Å². The first-order chi connectivity index (χ1) is 5.76. The maximum atomic E-state index is 8.54. The molecule has 0 aliphatic carbocycles. The van der Waals surface area contributed by atoms with Crippen molar-refractivity contribution in [1.82, 2.24) is 0 Å². The molecule has 0 spiro atoms. The van der Waals surface area contributed by atoms with Gasteiger partial charge in [-0.2, -0.15) is 0 Å². The van der Waals surface area contributed by atoms with Crippen molar-refractivity contribution in [1.29, 1.82) is 0 Å². The highest BCUT2D eigenvalue weighted by molar-refractivity contribution is 4.36. The summed E-state index contributed by atoms with van der Waals surface area (Å²) in [5.74, 6) is 0. The Bertz CT molecular complexity index is 62.1. The van der Waals surface area contributed by atoms with E-state index in [1.54, 1.807) is 6.92 Å². The number of hydrogen-bond donors (Lipinski definition) is 2. The van der Waals surface area contributed by atoms with Crippen molar-refractivity contribution < 1.29 is 19.7 Å². The molecule has 0 radical (unpaired) electrons. The molecule has 4 nitrogen and oxygen atoms in total. The molecule has 0 bridgehead atoms. The van der Waals surface area contributed by atoms with Crippen molar-refractivity contribution >= 4 is 0 Å². The zero-order chi connectivity index (χ0) is 9.82. The molecule has 0 heterocycles. The monoisotopic (exact) mass is 180 g/mol. The van der Waals surface area contributed by atoms with Gasteiger partial charge in [0, 0.05) is 19.8 Å². The summed E-state index contributed by atoms with van der Waals surface area (Å²) in [6.45, 7) is 6.74. The summed E-state index contributed by atoms with van der Waals surface area (Å²) < 4.78 is 9.92. The highest BCUT2D eigenvalue weighted by Gasteiger charge is 2.02. The van der Waals surface area contributed by atoms with E-state index in [2.05, 4.69) is 0 Å². The lowest BCUT2D eigenvalue weighted by atomic mass is 10.6. The average Bonchev–Trinajstić information content (AvgIpc) is 2.05. The van der Waals surface area contributed by atoms with Gasteiger partial charge in [-0.1, -0.05) is 0 Å². The van der Waals surface area contributed by atoms with Gasteiger partial charge < -0.3 is 19.7 Å². The van der Waals surface area contributed by atoms with Crippen LogP contribution < -0.4 is 0 Å². The van der Waals surface area contributed by atoms with Crippen LogP contribution in [-0.4, -0.2) is 42.9 Å². The minimum Gasteiger partial charge on any atom is -0.397 e. The second-order valence-corrected chi connectivity index (χ2v) is 1.84. The van der Waals surface area contributed by atoms with Crippen molar-refractivity contribution in [3.05, 3.63) is 0 Å². The fraction of sp³-hybridized carbons (Fsp3) is 1.00. The van der Waals surface area contributed by atoms with Crippen LogP contribution in [0.5, 0.6) is 0 Å². The van der Waals surface area contributed by atoms with Gasteiger partial charge in [-0.15, -0.1) is 0 Å². The van der Waals surface area contributed by atoms with Gasteiger partial charge in [-0.3, -0.25) is 0 Å². The van der Waals surface area contributed by atoms with Gasteiger partial charge >= 0.3 is 0 Å². The molecule has 76 valence electrons. The third kappa shape index (κ3) is 12.5. The molecule has 0 aromatic rings. The van der Waals surface area contributed by atoms with Crippen LogP contribution in [0, 0.1) is 0 Å². The Morgan fingerprint density at radius 1 is 1.00 bits per heavy atom. The van der Waals surface area contributed by atoms with Gasteiger partial charge in [0.1, 0.15) is 0 Å². The van der Waals surface area contributed by atoms with Crippen LogP contribution in [0.2, 0.25) is 0 Å². The van der Waals surface area contributed by atoms with Crippen LogP contribution in [0.3, 0.4) is 0 Å². The van der Waals surface area contributed by atoms with Gasteiger partial charge in [0.2, 0.25) is 0 Å². The molecule has 0 saturated carbocycles. The van der Waals surface area contributed by atoms with Gasteiger partial charge in [0.15, 0.2) is 6.29 Å². The van der Waals surface area contributed by atoms with Gasteiger partial charge in [0.05, 0.1) is 6.61 Å². The molecular formula is C8H20O4. The molecule has 0 fully saturated rings. The van der Waals surface area contributed by atoms with Crippen molar-refractivity contribution in [2.75, 3.05) is 26.4 Å². The summed E-state index contributed by atoms with van der Waals surface area (Å²) in [5.41, 5.74) is 0. The first kappa shape index (κ1) is 14.4. The van der Waals surface area contributed by atoms with Crippen LogP contribution in [0.1, 0.15) is 20.8 Å². The smallest absolute Gasteiger partial charge is 0.180 e. The average molecular weight is 180 g/mol. The Kier molecular flexibility index (Phi) is 16.1.